The maximum Gasteiger partial charge on any atom is 0.387 e. The molecule has 0 radical (unpaired) electrons. The second kappa shape index (κ2) is 9.13. The molecule has 1 aliphatic rings. The normalized spacial score (nSPS) is 13.7. The van der Waals surface area contributed by atoms with E-state index in [0.717, 1.165) is 12.8 Å². The summed E-state index contributed by atoms with van der Waals surface area (Å²) in [6.07, 6.45) is 4.86. The van der Waals surface area contributed by atoms with Crippen LogP contribution in [0.5, 0.6) is 11.5 Å². The Bertz CT molecular complexity index is 872. The Hall–Kier alpha value is -2.12. The van der Waals surface area contributed by atoms with Crippen LogP contribution in [-0.4, -0.2) is 30.2 Å². The highest BCUT2D eigenvalue weighted by molar-refractivity contribution is 6.40. The minimum atomic E-state index is -3.00. The van der Waals surface area contributed by atoms with Crippen LogP contribution in [0.25, 0.3) is 0 Å². The number of nitrogens with zero attached hydrogens (tertiary/aromatic N) is 2. The number of alkyl halides is 2. The molecule has 156 valence electrons. The zero-order chi connectivity index (χ0) is 21.1. The van der Waals surface area contributed by atoms with Crippen LogP contribution < -0.4 is 14.4 Å². The molecule has 5 nitrogen and oxygen atoms in total. The number of rotatable bonds is 8. The van der Waals surface area contributed by atoms with Crippen molar-refractivity contribution >= 4 is 34.8 Å². The molecule has 1 amide bonds. The molecule has 0 atom stereocenters. The second-order valence-corrected chi connectivity index (χ2v) is 7.83. The van der Waals surface area contributed by atoms with Crippen LogP contribution in [0.15, 0.2) is 30.6 Å². The fourth-order valence-corrected chi connectivity index (χ4v) is 3.35. The SMILES string of the molecule is CC(C)N(C(=O)c1ccc(OC(F)F)c(OCC2CC2)c1)c1c(Cl)cncc1Cl. The molecule has 3 rings (SSSR count). The maximum absolute atomic E-state index is 13.3. The zero-order valence-corrected chi connectivity index (χ0v) is 17.4. The van der Waals surface area contributed by atoms with E-state index in [0.29, 0.717) is 18.2 Å². The highest BCUT2D eigenvalue weighted by Crippen LogP contribution is 2.37. The molecule has 0 spiro atoms. The van der Waals surface area contributed by atoms with Crippen LogP contribution in [0.1, 0.15) is 37.0 Å². The number of anilines is 1. The summed E-state index contributed by atoms with van der Waals surface area (Å²) < 4.78 is 35.6. The molecule has 0 aliphatic heterocycles. The number of carbonyl (C=O) groups excluding carboxylic acids is 1. The number of benzene rings is 1. The average Bonchev–Trinajstić information content (AvgIpc) is 3.47. The number of halogens is 4. The third kappa shape index (κ3) is 5.28. The number of pyridine rings is 1. The van der Waals surface area contributed by atoms with E-state index in [1.54, 1.807) is 0 Å². The third-order valence-corrected chi connectivity index (χ3v) is 4.94. The summed E-state index contributed by atoms with van der Waals surface area (Å²) in [4.78, 5) is 18.6. The topological polar surface area (TPSA) is 51.7 Å². The molecule has 1 saturated carbocycles. The largest absolute Gasteiger partial charge is 0.489 e. The maximum atomic E-state index is 13.3. The van der Waals surface area contributed by atoms with E-state index >= 15 is 0 Å². The molecule has 1 fully saturated rings. The molecule has 0 bridgehead atoms. The van der Waals surface area contributed by atoms with E-state index in [9.17, 15) is 13.6 Å². The van der Waals surface area contributed by atoms with Gasteiger partial charge in [0.1, 0.15) is 0 Å². The molecule has 1 heterocycles. The fourth-order valence-electron chi connectivity index (χ4n) is 2.81. The molecule has 1 aliphatic carbocycles. The van der Waals surface area contributed by atoms with E-state index in [-0.39, 0.29) is 33.1 Å². The van der Waals surface area contributed by atoms with Crippen molar-refractivity contribution in [3.63, 3.8) is 0 Å². The molecule has 2 aromatic rings. The van der Waals surface area contributed by atoms with Crippen LogP contribution in [0.2, 0.25) is 10.0 Å². The van der Waals surface area contributed by atoms with E-state index < -0.39 is 12.5 Å². The first kappa shape index (κ1) is 21.6. The Labute approximate surface area is 177 Å². The van der Waals surface area contributed by atoms with Crippen molar-refractivity contribution in [1.29, 1.82) is 0 Å². The van der Waals surface area contributed by atoms with Gasteiger partial charge in [0.2, 0.25) is 0 Å². The zero-order valence-electron chi connectivity index (χ0n) is 15.9. The molecule has 0 unspecified atom stereocenters. The van der Waals surface area contributed by atoms with Crippen molar-refractivity contribution in [2.24, 2.45) is 5.92 Å². The van der Waals surface area contributed by atoms with Gasteiger partial charge in [-0.25, -0.2) is 0 Å². The number of aromatic nitrogens is 1. The lowest BCUT2D eigenvalue weighted by molar-refractivity contribution is -0.0515. The molecule has 29 heavy (non-hydrogen) atoms. The third-order valence-electron chi connectivity index (χ3n) is 4.38. The van der Waals surface area contributed by atoms with Gasteiger partial charge in [0.25, 0.3) is 5.91 Å². The van der Waals surface area contributed by atoms with Gasteiger partial charge in [0.15, 0.2) is 11.5 Å². The lowest BCUT2D eigenvalue weighted by Crippen LogP contribution is -2.37. The Morgan fingerprint density at radius 3 is 2.41 bits per heavy atom. The lowest BCUT2D eigenvalue weighted by atomic mass is 10.1. The summed E-state index contributed by atoms with van der Waals surface area (Å²) in [5, 5.41) is 0.449. The van der Waals surface area contributed by atoms with E-state index in [4.69, 9.17) is 27.9 Å². The first-order chi connectivity index (χ1) is 13.8. The van der Waals surface area contributed by atoms with Gasteiger partial charge in [-0.05, 0) is 50.8 Å². The predicted octanol–water partition coefficient (Wildman–Crippen LogP) is 5.83. The number of ether oxygens (including phenoxy) is 2. The fraction of sp³-hybridized carbons (Fsp3) is 0.400. The van der Waals surface area contributed by atoms with Crippen molar-refractivity contribution in [3.8, 4) is 11.5 Å². The van der Waals surface area contributed by atoms with Gasteiger partial charge in [0.05, 0.1) is 22.3 Å². The van der Waals surface area contributed by atoms with Crippen LogP contribution in [-0.2, 0) is 0 Å². The molecule has 0 N–H and O–H groups in total. The summed E-state index contributed by atoms with van der Waals surface area (Å²) >= 11 is 12.5. The number of hydrogen-bond acceptors (Lipinski definition) is 4. The van der Waals surface area contributed by atoms with Crippen molar-refractivity contribution in [1.82, 2.24) is 4.98 Å². The van der Waals surface area contributed by atoms with Crippen LogP contribution >= 0.6 is 23.2 Å². The first-order valence-electron chi connectivity index (χ1n) is 9.12. The monoisotopic (exact) mass is 444 g/mol. The highest BCUT2D eigenvalue weighted by atomic mass is 35.5. The minimum absolute atomic E-state index is 0.0960. The van der Waals surface area contributed by atoms with Gasteiger partial charge in [-0.1, -0.05) is 23.2 Å². The molecule has 1 aromatic carbocycles. The molecule has 9 heteroatoms. The molecular weight excluding hydrogens is 425 g/mol. The van der Waals surface area contributed by atoms with Crippen LogP contribution in [0.4, 0.5) is 14.5 Å². The Morgan fingerprint density at radius 2 is 1.86 bits per heavy atom. The average molecular weight is 445 g/mol. The van der Waals surface area contributed by atoms with E-state index in [1.807, 2.05) is 13.8 Å². The lowest BCUT2D eigenvalue weighted by Gasteiger charge is -2.28. The van der Waals surface area contributed by atoms with Crippen molar-refractivity contribution in [2.75, 3.05) is 11.5 Å². The highest BCUT2D eigenvalue weighted by Gasteiger charge is 2.27. The first-order valence-corrected chi connectivity index (χ1v) is 9.87. The minimum Gasteiger partial charge on any atom is -0.489 e. The smallest absolute Gasteiger partial charge is 0.387 e. The van der Waals surface area contributed by atoms with Gasteiger partial charge in [-0.2, -0.15) is 8.78 Å². The molecular formula is C20H20Cl2F2N2O3. The van der Waals surface area contributed by atoms with Crippen LogP contribution in [0, 0.1) is 5.92 Å². The summed E-state index contributed by atoms with van der Waals surface area (Å²) in [7, 11) is 0. The van der Waals surface area contributed by atoms with Crippen LogP contribution in [0.3, 0.4) is 0 Å². The van der Waals surface area contributed by atoms with Crippen molar-refractivity contribution < 1.29 is 23.0 Å². The Kier molecular flexibility index (Phi) is 6.80. The summed E-state index contributed by atoms with van der Waals surface area (Å²) in [6.45, 7) is 1.00. The Morgan fingerprint density at radius 1 is 1.21 bits per heavy atom. The molecule has 0 saturated heterocycles. The number of amides is 1. The van der Waals surface area contributed by atoms with E-state index in [1.165, 1.54) is 35.5 Å². The van der Waals surface area contributed by atoms with E-state index in [2.05, 4.69) is 9.72 Å². The van der Waals surface area contributed by atoms with Gasteiger partial charge in [-0.3, -0.25) is 9.78 Å². The summed E-state index contributed by atoms with van der Waals surface area (Å²) in [5.41, 5.74) is 0.562. The van der Waals surface area contributed by atoms with Gasteiger partial charge in [0, 0.05) is 24.0 Å². The summed E-state index contributed by atoms with van der Waals surface area (Å²) in [6, 6.07) is 3.83. The van der Waals surface area contributed by atoms with Crippen molar-refractivity contribution in [2.45, 2.75) is 39.3 Å². The van der Waals surface area contributed by atoms with Crippen molar-refractivity contribution in [3.05, 3.63) is 46.2 Å². The number of carbonyl (C=O) groups is 1. The predicted molar refractivity (Wildman–Crippen MR) is 107 cm³/mol. The van der Waals surface area contributed by atoms with Gasteiger partial charge < -0.3 is 14.4 Å². The molecule has 1 aromatic heterocycles. The standard InChI is InChI=1S/C20H20Cl2F2N2O3/c1-11(2)26(18-14(21)8-25-9-15(18)22)19(27)13-5-6-16(29-20(23)24)17(7-13)28-10-12-3-4-12/h5-9,11-12,20H,3-4,10H2,1-2H3. The van der Waals surface area contributed by atoms with Gasteiger partial charge >= 0.3 is 6.61 Å². The Balaban J connectivity index is 1.96. The van der Waals surface area contributed by atoms with Gasteiger partial charge in [-0.15, -0.1) is 0 Å². The number of hydrogen-bond donors (Lipinski definition) is 0. The second-order valence-electron chi connectivity index (χ2n) is 7.02. The quantitative estimate of drug-likeness (QED) is 0.513. The summed E-state index contributed by atoms with van der Waals surface area (Å²) in [5.74, 6) is -0.0304.